The number of nitrogens with one attached hydrogen (secondary N) is 2. The molecule has 1 amide bonds. The molecule has 27 heavy (non-hydrogen) atoms. The van der Waals surface area contributed by atoms with Gasteiger partial charge >= 0.3 is 0 Å². The summed E-state index contributed by atoms with van der Waals surface area (Å²) in [7, 11) is 0. The van der Waals surface area contributed by atoms with E-state index in [1.807, 2.05) is 26.8 Å². The Bertz CT molecular complexity index is 932. The van der Waals surface area contributed by atoms with Crippen LogP contribution < -0.4 is 15.8 Å². The van der Waals surface area contributed by atoms with Crippen LogP contribution in [0.5, 0.6) is 0 Å². The Morgan fingerprint density at radius 3 is 2.48 bits per heavy atom. The van der Waals surface area contributed by atoms with Gasteiger partial charge in [-0.3, -0.25) is 9.59 Å². The Kier molecular flexibility index (Phi) is 4.45. The van der Waals surface area contributed by atoms with Crippen LogP contribution in [0.15, 0.2) is 17.2 Å². The number of hydrogen-bond acceptors (Lipinski definition) is 5. The Morgan fingerprint density at radius 2 is 1.85 bits per heavy atom. The third-order valence-corrected chi connectivity index (χ3v) is 5.89. The molecular formula is C20H25N5O2. The van der Waals surface area contributed by atoms with E-state index in [1.54, 1.807) is 0 Å². The summed E-state index contributed by atoms with van der Waals surface area (Å²) in [6.07, 6.45) is 6.27. The molecule has 7 heteroatoms. The number of aryl methyl sites for hydroxylation is 2. The van der Waals surface area contributed by atoms with Crippen molar-refractivity contribution >= 4 is 11.7 Å². The van der Waals surface area contributed by atoms with Gasteiger partial charge in [0.1, 0.15) is 17.8 Å². The van der Waals surface area contributed by atoms with Crippen LogP contribution in [-0.2, 0) is 6.54 Å². The molecule has 2 saturated heterocycles. The molecule has 142 valence electrons. The van der Waals surface area contributed by atoms with Gasteiger partial charge < -0.3 is 15.2 Å². The third kappa shape index (κ3) is 3.11. The van der Waals surface area contributed by atoms with E-state index in [9.17, 15) is 9.59 Å². The fraction of sp³-hybridized carbons (Fsp3) is 0.500. The summed E-state index contributed by atoms with van der Waals surface area (Å²) in [4.78, 5) is 38.7. The summed E-state index contributed by atoms with van der Waals surface area (Å²) >= 11 is 0. The standard InChI is InChI=1S/C20H25N5O2/c1-11-8-12(2)24-19(26)16(11)9-21-20(27)17-13(3)18(23-10-22-17)25-14-4-5-15(25)7-6-14/h8,10,14-15H,4-7,9H2,1-3H3,(H,21,27)(H,24,26). The molecule has 2 aromatic rings. The van der Waals surface area contributed by atoms with Crippen LogP contribution in [0.3, 0.4) is 0 Å². The molecule has 0 saturated carbocycles. The summed E-state index contributed by atoms with van der Waals surface area (Å²) in [5.74, 6) is 0.603. The molecule has 2 fully saturated rings. The monoisotopic (exact) mass is 367 g/mol. The minimum atomic E-state index is -0.276. The smallest absolute Gasteiger partial charge is 0.270 e. The Labute approximate surface area is 158 Å². The zero-order valence-corrected chi connectivity index (χ0v) is 16.0. The van der Waals surface area contributed by atoms with Crippen molar-refractivity contribution in [2.75, 3.05) is 4.90 Å². The van der Waals surface area contributed by atoms with Crippen molar-refractivity contribution in [2.24, 2.45) is 0 Å². The highest BCUT2D eigenvalue weighted by Gasteiger charge is 2.41. The number of H-pyrrole nitrogens is 1. The molecule has 0 unspecified atom stereocenters. The fourth-order valence-corrected chi connectivity index (χ4v) is 4.54. The van der Waals surface area contributed by atoms with Crippen LogP contribution in [0.25, 0.3) is 0 Å². The number of anilines is 1. The highest BCUT2D eigenvalue weighted by Crippen LogP contribution is 2.41. The van der Waals surface area contributed by atoms with Gasteiger partial charge in [-0.1, -0.05) is 0 Å². The molecule has 2 aromatic heterocycles. The summed E-state index contributed by atoms with van der Waals surface area (Å²) in [5, 5.41) is 2.85. The molecule has 0 aromatic carbocycles. The van der Waals surface area contributed by atoms with Gasteiger partial charge in [0.25, 0.3) is 11.5 Å². The maximum atomic E-state index is 12.7. The van der Waals surface area contributed by atoms with E-state index >= 15 is 0 Å². The van der Waals surface area contributed by atoms with E-state index in [0.29, 0.717) is 23.3 Å². The number of aromatic nitrogens is 3. The van der Waals surface area contributed by atoms with Crippen molar-refractivity contribution < 1.29 is 4.79 Å². The second-order valence-corrected chi connectivity index (χ2v) is 7.67. The van der Waals surface area contributed by atoms with E-state index in [1.165, 1.54) is 32.0 Å². The van der Waals surface area contributed by atoms with Crippen molar-refractivity contribution in [3.63, 3.8) is 0 Å². The van der Waals surface area contributed by atoms with Crippen LogP contribution in [0.2, 0.25) is 0 Å². The lowest BCUT2D eigenvalue weighted by Gasteiger charge is -2.25. The Hall–Kier alpha value is -2.70. The first-order valence-electron chi connectivity index (χ1n) is 9.53. The number of amides is 1. The second kappa shape index (κ2) is 6.79. The molecule has 2 aliphatic rings. The molecule has 4 rings (SSSR count). The first-order chi connectivity index (χ1) is 13.0. The van der Waals surface area contributed by atoms with E-state index in [4.69, 9.17) is 0 Å². The Morgan fingerprint density at radius 1 is 1.19 bits per heavy atom. The van der Waals surface area contributed by atoms with Gasteiger partial charge in [0.05, 0.1) is 0 Å². The van der Waals surface area contributed by atoms with Gasteiger partial charge in [0.2, 0.25) is 0 Å². The quantitative estimate of drug-likeness (QED) is 0.864. The number of pyridine rings is 1. The summed E-state index contributed by atoms with van der Waals surface area (Å²) in [6.45, 7) is 5.80. The Balaban J connectivity index is 1.55. The third-order valence-electron chi connectivity index (χ3n) is 5.89. The van der Waals surface area contributed by atoms with Crippen LogP contribution in [0, 0.1) is 20.8 Å². The van der Waals surface area contributed by atoms with Crippen molar-refractivity contribution in [1.29, 1.82) is 0 Å². The van der Waals surface area contributed by atoms with Crippen molar-refractivity contribution in [3.05, 3.63) is 50.8 Å². The molecule has 2 bridgehead atoms. The molecule has 0 radical (unpaired) electrons. The molecule has 0 spiro atoms. The number of nitrogens with zero attached hydrogens (tertiary/aromatic N) is 3. The lowest BCUT2D eigenvalue weighted by Crippen LogP contribution is -2.32. The largest absolute Gasteiger partial charge is 0.350 e. The molecule has 0 atom stereocenters. The van der Waals surface area contributed by atoms with Gasteiger partial charge in [-0.05, 0) is 58.1 Å². The van der Waals surface area contributed by atoms with Crippen LogP contribution in [-0.4, -0.2) is 32.9 Å². The van der Waals surface area contributed by atoms with Crippen LogP contribution >= 0.6 is 0 Å². The van der Waals surface area contributed by atoms with Crippen molar-refractivity contribution in [3.8, 4) is 0 Å². The summed E-state index contributed by atoms with van der Waals surface area (Å²) in [5.41, 5.74) is 3.27. The zero-order chi connectivity index (χ0) is 19.1. The second-order valence-electron chi connectivity index (χ2n) is 7.67. The zero-order valence-electron chi connectivity index (χ0n) is 16.0. The average Bonchev–Trinajstić information content (AvgIpc) is 3.21. The van der Waals surface area contributed by atoms with E-state index in [0.717, 1.165) is 22.6 Å². The van der Waals surface area contributed by atoms with Gasteiger partial charge in [0, 0.05) is 35.4 Å². The van der Waals surface area contributed by atoms with Crippen molar-refractivity contribution in [2.45, 2.75) is 65.1 Å². The van der Waals surface area contributed by atoms with Gasteiger partial charge in [-0.25, -0.2) is 9.97 Å². The predicted octanol–water partition coefficient (Wildman–Crippen LogP) is 2.15. The van der Waals surface area contributed by atoms with E-state index in [2.05, 4.69) is 25.2 Å². The highest BCUT2D eigenvalue weighted by molar-refractivity contribution is 5.94. The van der Waals surface area contributed by atoms with E-state index < -0.39 is 0 Å². The molecule has 7 nitrogen and oxygen atoms in total. The number of aromatic amines is 1. The van der Waals surface area contributed by atoms with Crippen molar-refractivity contribution in [1.82, 2.24) is 20.3 Å². The van der Waals surface area contributed by atoms with Crippen LogP contribution in [0.4, 0.5) is 5.82 Å². The number of rotatable bonds is 4. The number of carbonyl (C=O) groups excluding carboxylic acids is 1. The van der Waals surface area contributed by atoms with Gasteiger partial charge in [-0.2, -0.15) is 0 Å². The minimum absolute atomic E-state index is 0.165. The van der Waals surface area contributed by atoms with E-state index in [-0.39, 0.29) is 18.0 Å². The average molecular weight is 367 g/mol. The molecule has 2 aliphatic heterocycles. The topological polar surface area (TPSA) is 91.0 Å². The first-order valence-corrected chi connectivity index (χ1v) is 9.53. The maximum Gasteiger partial charge on any atom is 0.270 e. The molecule has 2 N–H and O–H groups in total. The lowest BCUT2D eigenvalue weighted by atomic mass is 10.0. The highest BCUT2D eigenvalue weighted by atomic mass is 16.2. The summed E-state index contributed by atoms with van der Waals surface area (Å²) in [6, 6.07) is 2.97. The molecule has 4 heterocycles. The normalized spacial score (nSPS) is 20.9. The van der Waals surface area contributed by atoms with Crippen LogP contribution in [0.1, 0.15) is 58.6 Å². The van der Waals surface area contributed by atoms with Gasteiger partial charge in [0.15, 0.2) is 0 Å². The molecule has 0 aliphatic carbocycles. The molecular weight excluding hydrogens is 342 g/mol. The SMILES string of the molecule is Cc1cc(C)c(CNC(=O)c2ncnc(N3C4CCC3CC4)c2C)c(=O)[nH]1. The lowest BCUT2D eigenvalue weighted by molar-refractivity contribution is 0.0945. The first kappa shape index (κ1) is 17.7. The maximum absolute atomic E-state index is 12.7. The summed E-state index contributed by atoms with van der Waals surface area (Å²) < 4.78 is 0. The predicted molar refractivity (Wildman–Crippen MR) is 103 cm³/mol. The number of carbonyl (C=O) groups is 1. The fourth-order valence-electron chi connectivity index (χ4n) is 4.54. The van der Waals surface area contributed by atoms with Gasteiger partial charge in [-0.15, -0.1) is 0 Å². The minimum Gasteiger partial charge on any atom is -0.350 e. The number of fused-ring (bicyclic) bond motifs is 2. The number of hydrogen-bond donors (Lipinski definition) is 2.